The van der Waals surface area contributed by atoms with Crippen LogP contribution in [-0.4, -0.2) is 41.2 Å². The van der Waals surface area contributed by atoms with Crippen LogP contribution in [-0.2, 0) is 20.5 Å². The lowest BCUT2D eigenvalue weighted by molar-refractivity contribution is 0.0367. The van der Waals surface area contributed by atoms with Crippen molar-refractivity contribution in [2.75, 3.05) is 5.32 Å². The number of nitrogens with zero attached hydrogens (tertiary/aromatic N) is 5. The zero-order valence-electron chi connectivity index (χ0n) is 18.5. The van der Waals surface area contributed by atoms with Crippen molar-refractivity contribution in [3.8, 4) is 0 Å². The van der Waals surface area contributed by atoms with Gasteiger partial charge in [0.15, 0.2) is 0 Å². The first kappa shape index (κ1) is 22.0. The van der Waals surface area contributed by atoms with E-state index in [-0.39, 0.29) is 16.8 Å². The van der Waals surface area contributed by atoms with Gasteiger partial charge >= 0.3 is 0 Å². The number of hydrogen-bond acceptors (Lipinski definition) is 5. The van der Waals surface area contributed by atoms with Crippen molar-refractivity contribution in [2.45, 2.75) is 43.6 Å². The van der Waals surface area contributed by atoms with E-state index in [9.17, 15) is 14.3 Å². The third kappa shape index (κ3) is 4.15. The van der Waals surface area contributed by atoms with E-state index in [2.05, 4.69) is 20.6 Å². The Balaban J connectivity index is 1.29. The Bertz CT molecular complexity index is 1190. The summed E-state index contributed by atoms with van der Waals surface area (Å²) < 4.78 is 16.9. The van der Waals surface area contributed by atoms with Crippen molar-refractivity contribution in [1.29, 1.82) is 0 Å². The number of aryl methyl sites for hydroxylation is 2. The second kappa shape index (κ2) is 8.22. The number of anilines is 1. The van der Waals surface area contributed by atoms with Crippen molar-refractivity contribution in [3.05, 3.63) is 58.6 Å². The van der Waals surface area contributed by atoms with Crippen LogP contribution in [0.15, 0.2) is 30.7 Å². The van der Waals surface area contributed by atoms with Crippen molar-refractivity contribution in [3.63, 3.8) is 0 Å². The molecule has 1 amide bonds. The molecule has 0 aliphatic heterocycles. The molecular weight excluding hydrogens is 447 g/mol. The van der Waals surface area contributed by atoms with Gasteiger partial charge in [0.2, 0.25) is 0 Å². The molecule has 2 heterocycles. The summed E-state index contributed by atoms with van der Waals surface area (Å²) in [6.45, 7) is 0. The number of halogens is 2. The van der Waals surface area contributed by atoms with Crippen LogP contribution in [0.3, 0.4) is 0 Å². The molecule has 0 saturated heterocycles. The molecule has 2 N–H and O–H groups in total. The van der Waals surface area contributed by atoms with Gasteiger partial charge in [-0.25, -0.2) is 9.37 Å². The highest BCUT2D eigenvalue weighted by molar-refractivity contribution is 6.31. The molecule has 5 rings (SSSR count). The molecule has 33 heavy (non-hydrogen) atoms. The number of hydrogen-bond donors (Lipinski definition) is 2. The Kier molecular flexibility index (Phi) is 5.49. The quantitative estimate of drug-likeness (QED) is 0.592. The van der Waals surface area contributed by atoms with E-state index in [0.717, 1.165) is 37.1 Å². The Morgan fingerprint density at radius 2 is 2.03 bits per heavy atom. The van der Waals surface area contributed by atoms with Crippen molar-refractivity contribution in [1.82, 2.24) is 24.5 Å². The minimum Gasteiger partial charge on any atom is -0.389 e. The fourth-order valence-corrected chi connectivity index (χ4v) is 5.92. The number of benzene rings is 1. The Morgan fingerprint density at radius 1 is 1.30 bits per heavy atom. The average Bonchev–Trinajstić information content (AvgIpc) is 3.49. The maximum Gasteiger partial charge on any atom is 0.274 e. The number of carbonyl (C=O) groups is 1. The molecule has 0 radical (unpaired) electrons. The van der Waals surface area contributed by atoms with Crippen LogP contribution in [0.1, 0.15) is 53.5 Å². The zero-order valence-corrected chi connectivity index (χ0v) is 19.3. The van der Waals surface area contributed by atoms with Crippen LogP contribution in [0.25, 0.3) is 0 Å². The maximum absolute atomic E-state index is 13.5. The third-order valence-corrected chi connectivity index (χ3v) is 7.48. The van der Waals surface area contributed by atoms with Crippen molar-refractivity contribution in [2.24, 2.45) is 25.9 Å². The fraction of sp³-hybridized carbons (Fsp3) is 0.478. The van der Waals surface area contributed by atoms with Gasteiger partial charge in [0.25, 0.3) is 5.91 Å². The van der Waals surface area contributed by atoms with Gasteiger partial charge in [0.1, 0.15) is 11.5 Å². The van der Waals surface area contributed by atoms with Gasteiger partial charge in [-0.3, -0.25) is 9.48 Å². The summed E-state index contributed by atoms with van der Waals surface area (Å²) in [5.74, 6) is 0.0876. The molecule has 0 bridgehead atoms. The van der Waals surface area contributed by atoms with Crippen LogP contribution < -0.4 is 5.32 Å². The summed E-state index contributed by atoms with van der Waals surface area (Å²) in [6, 6.07) is 4.10. The highest BCUT2D eigenvalue weighted by atomic mass is 35.5. The van der Waals surface area contributed by atoms with Crippen molar-refractivity contribution >= 4 is 23.2 Å². The number of amides is 1. The average molecular weight is 473 g/mol. The van der Waals surface area contributed by atoms with Gasteiger partial charge in [-0.2, -0.15) is 0 Å². The molecular formula is C23H26ClFN6O2. The smallest absolute Gasteiger partial charge is 0.274 e. The van der Waals surface area contributed by atoms with Gasteiger partial charge in [0.05, 0.1) is 34.5 Å². The van der Waals surface area contributed by atoms with E-state index in [1.807, 2.05) is 7.05 Å². The number of nitrogens with one attached hydrogen (secondary N) is 1. The predicted molar refractivity (Wildman–Crippen MR) is 120 cm³/mol. The molecule has 0 spiro atoms. The molecule has 1 aromatic carbocycles. The molecule has 174 valence electrons. The fourth-order valence-electron chi connectivity index (χ4n) is 5.73. The first-order chi connectivity index (χ1) is 15.7. The molecule has 2 aromatic heterocycles. The molecule has 2 unspecified atom stereocenters. The Labute approximate surface area is 195 Å². The Hall–Kier alpha value is -2.78. The molecule has 2 fully saturated rings. The number of carbonyl (C=O) groups excluding carboxylic acids is 1. The largest absolute Gasteiger partial charge is 0.389 e. The van der Waals surface area contributed by atoms with Crippen LogP contribution in [0, 0.1) is 17.7 Å². The van der Waals surface area contributed by atoms with E-state index >= 15 is 0 Å². The maximum atomic E-state index is 13.5. The van der Waals surface area contributed by atoms with E-state index in [1.165, 1.54) is 18.2 Å². The lowest BCUT2D eigenvalue weighted by Gasteiger charge is -2.24. The molecule has 8 nitrogen and oxygen atoms in total. The summed E-state index contributed by atoms with van der Waals surface area (Å²) in [6.07, 6.45) is 7.13. The lowest BCUT2D eigenvalue weighted by Crippen LogP contribution is -2.30. The van der Waals surface area contributed by atoms with Crippen LogP contribution >= 0.6 is 11.6 Å². The highest BCUT2D eigenvalue weighted by Crippen LogP contribution is 2.54. The summed E-state index contributed by atoms with van der Waals surface area (Å²) in [5, 5.41) is 21.8. The molecule has 2 atom stereocenters. The summed E-state index contributed by atoms with van der Waals surface area (Å²) in [7, 11) is 3.63. The molecule has 2 aliphatic carbocycles. The van der Waals surface area contributed by atoms with Gasteiger partial charge in [0, 0.05) is 32.1 Å². The minimum atomic E-state index is -0.748. The summed E-state index contributed by atoms with van der Waals surface area (Å²) in [4.78, 5) is 17.6. The number of aliphatic hydroxyl groups is 1. The second-order valence-electron chi connectivity index (χ2n) is 9.52. The van der Waals surface area contributed by atoms with Crippen LogP contribution in [0.5, 0.6) is 0 Å². The van der Waals surface area contributed by atoms with Crippen molar-refractivity contribution < 1.29 is 14.3 Å². The molecule has 3 aromatic rings. The number of rotatable bonds is 5. The predicted octanol–water partition coefficient (Wildman–Crippen LogP) is 3.47. The van der Waals surface area contributed by atoms with E-state index in [4.69, 9.17) is 11.6 Å². The molecule has 2 saturated carbocycles. The summed E-state index contributed by atoms with van der Waals surface area (Å²) >= 11 is 5.85. The Morgan fingerprint density at radius 3 is 2.67 bits per heavy atom. The zero-order chi connectivity index (χ0) is 23.3. The number of imidazole rings is 1. The number of fused-ring (bicyclic) bond motifs is 1. The van der Waals surface area contributed by atoms with Gasteiger partial charge in [-0.1, -0.05) is 16.8 Å². The second-order valence-corrected chi connectivity index (χ2v) is 9.93. The van der Waals surface area contributed by atoms with Crippen LogP contribution in [0.2, 0.25) is 5.02 Å². The lowest BCUT2D eigenvalue weighted by atomic mass is 9.89. The van der Waals surface area contributed by atoms with Gasteiger partial charge in [-0.15, -0.1) is 5.10 Å². The SMILES string of the molecule is Cn1cnc(C2CC3CC(O)(Cc4cnnn4C)CC3C2)c1C(=O)Nc1ccc(F)c(Cl)c1. The van der Waals surface area contributed by atoms with Gasteiger partial charge < -0.3 is 15.0 Å². The third-order valence-electron chi connectivity index (χ3n) is 7.19. The summed E-state index contributed by atoms with van der Waals surface area (Å²) in [5.41, 5.74) is 1.88. The first-order valence-corrected chi connectivity index (χ1v) is 11.4. The molecule has 2 aliphatic rings. The van der Waals surface area contributed by atoms with Gasteiger partial charge in [-0.05, 0) is 55.7 Å². The normalized spacial score (nSPS) is 26.5. The van der Waals surface area contributed by atoms with Crippen LogP contribution in [0.4, 0.5) is 10.1 Å². The first-order valence-electron chi connectivity index (χ1n) is 11.1. The topological polar surface area (TPSA) is 97.9 Å². The molecule has 10 heteroatoms. The standard InChI is InChI=1S/C23H26ClFN6O2/c1-30-12-26-20(21(30)22(32)28-16-3-4-19(25)18(24)7-16)13-5-14-8-23(33,9-15(14)6-13)10-17-11-27-29-31(17)2/h3-4,7,11-15,33H,5-6,8-10H2,1-2H3,(H,28,32). The monoisotopic (exact) mass is 472 g/mol. The highest BCUT2D eigenvalue weighted by Gasteiger charge is 2.50. The van der Waals surface area contributed by atoms with E-state index in [1.54, 1.807) is 28.8 Å². The van der Waals surface area contributed by atoms with E-state index in [0.29, 0.717) is 29.6 Å². The minimum absolute atomic E-state index is 0.0453. The van der Waals surface area contributed by atoms with E-state index < -0.39 is 11.4 Å². The number of aromatic nitrogens is 5.